The van der Waals surface area contributed by atoms with Gasteiger partial charge in [-0.2, -0.15) is 0 Å². The molecule has 1 aliphatic rings. The molecule has 0 radical (unpaired) electrons. The maximum atomic E-state index is 12.7. The Labute approximate surface area is 162 Å². The van der Waals surface area contributed by atoms with E-state index < -0.39 is 5.97 Å². The minimum absolute atomic E-state index is 0.0292. The summed E-state index contributed by atoms with van der Waals surface area (Å²) in [4.78, 5) is 30.9. The van der Waals surface area contributed by atoms with Crippen molar-refractivity contribution >= 4 is 28.9 Å². The van der Waals surface area contributed by atoms with Gasteiger partial charge in [-0.15, -0.1) is 11.3 Å². The van der Waals surface area contributed by atoms with E-state index in [4.69, 9.17) is 9.47 Å². The highest BCUT2D eigenvalue weighted by molar-refractivity contribution is 7.11. The maximum absolute atomic E-state index is 12.7. The molecule has 27 heavy (non-hydrogen) atoms. The molecule has 3 rings (SSSR count). The highest BCUT2D eigenvalue weighted by atomic mass is 32.1. The highest BCUT2D eigenvalue weighted by Gasteiger charge is 2.31. The lowest BCUT2D eigenvalue weighted by Gasteiger charge is -2.22. The van der Waals surface area contributed by atoms with Gasteiger partial charge in [-0.1, -0.05) is 0 Å². The molecule has 2 aromatic rings. The number of nitrogens with one attached hydrogen (secondary N) is 1. The number of hydrogen-bond acceptors (Lipinski definition) is 7. The SMILES string of the molecule is CCOC(=O)c1nc(CN2CCC[C@H]2C(=O)Nc2ccc(OC)cc2)cs1. The second-order valence-electron chi connectivity index (χ2n) is 6.21. The van der Waals surface area contributed by atoms with Crippen LogP contribution in [-0.2, 0) is 16.1 Å². The number of hydrogen-bond donors (Lipinski definition) is 1. The number of benzene rings is 1. The summed E-state index contributed by atoms with van der Waals surface area (Å²) in [5, 5.41) is 5.17. The van der Waals surface area contributed by atoms with Gasteiger partial charge in [-0.05, 0) is 50.6 Å². The van der Waals surface area contributed by atoms with Crippen molar-refractivity contribution in [2.75, 3.05) is 25.6 Å². The minimum Gasteiger partial charge on any atom is -0.497 e. The maximum Gasteiger partial charge on any atom is 0.367 e. The average Bonchev–Trinajstić information content (AvgIpc) is 3.32. The lowest BCUT2D eigenvalue weighted by Crippen LogP contribution is -2.39. The molecule has 1 atom stereocenters. The lowest BCUT2D eigenvalue weighted by molar-refractivity contribution is -0.120. The standard InChI is InChI=1S/C19H23N3O4S/c1-3-26-19(24)18-21-14(12-27-18)11-22-10-4-5-16(22)17(23)20-13-6-8-15(25-2)9-7-13/h6-9,12,16H,3-5,10-11H2,1-2H3,(H,20,23)/t16-/m0/s1. The van der Waals surface area contributed by atoms with Gasteiger partial charge >= 0.3 is 5.97 Å². The van der Waals surface area contributed by atoms with Gasteiger partial charge in [0.05, 0.1) is 25.5 Å². The number of esters is 1. The zero-order valence-corrected chi connectivity index (χ0v) is 16.3. The predicted molar refractivity (Wildman–Crippen MR) is 103 cm³/mol. The number of anilines is 1. The largest absolute Gasteiger partial charge is 0.497 e. The quantitative estimate of drug-likeness (QED) is 0.734. The van der Waals surface area contributed by atoms with Crippen molar-refractivity contribution in [1.82, 2.24) is 9.88 Å². The Hall–Kier alpha value is -2.45. The first-order valence-electron chi connectivity index (χ1n) is 8.91. The van der Waals surface area contributed by atoms with Gasteiger partial charge in [-0.25, -0.2) is 9.78 Å². The Bertz CT molecular complexity index is 791. The third kappa shape index (κ3) is 4.84. The second-order valence-corrected chi connectivity index (χ2v) is 7.07. The second kappa shape index (κ2) is 8.96. The van der Waals surface area contributed by atoms with Crippen LogP contribution in [0.4, 0.5) is 5.69 Å². The van der Waals surface area contributed by atoms with Crippen molar-refractivity contribution in [3.05, 3.63) is 40.3 Å². The zero-order chi connectivity index (χ0) is 19.2. The third-order valence-electron chi connectivity index (χ3n) is 4.39. The summed E-state index contributed by atoms with van der Waals surface area (Å²) in [5.74, 6) is 0.318. The molecular formula is C19H23N3O4S. The molecule has 0 spiro atoms. The van der Waals surface area contributed by atoms with E-state index in [0.717, 1.165) is 36.5 Å². The number of amides is 1. The van der Waals surface area contributed by atoms with Crippen LogP contribution in [0.2, 0.25) is 0 Å². The molecule has 1 N–H and O–H groups in total. The molecule has 144 valence electrons. The van der Waals surface area contributed by atoms with Crippen LogP contribution in [0, 0.1) is 0 Å². The molecular weight excluding hydrogens is 366 g/mol. The van der Waals surface area contributed by atoms with E-state index in [1.54, 1.807) is 14.0 Å². The topological polar surface area (TPSA) is 80.8 Å². The van der Waals surface area contributed by atoms with E-state index >= 15 is 0 Å². The first-order valence-corrected chi connectivity index (χ1v) is 9.79. The fourth-order valence-electron chi connectivity index (χ4n) is 3.09. The number of aromatic nitrogens is 1. The number of carbonyl (C=O) groups is 2. The van der Waals surface area contributed by atoms with Gasteiger partial charge in [0.1, 0.15) is 5.75 Å². The number of thiazole rings is 1. The Morgan fingerprint density at radius 1 is 1.33 bits per heavy atom. The number of rotatable bonds is 7. The molecule has 0 unspecified atom stereocenters. The molecule has 1 saturated heterocycles. The first-order chi connectivity index (χ1) is 13.1. The molecule has 1 fully saturated rings. The smallest absolute Gasteiger partial charge is 0.367 e. The van der Waals surface area contributed by atoms with Crippen molar-refractivity contribution < 1.29 is 19.1 Å². The summed E-state index contributed by atoms with van der Waals surface area (Å²) in [5.41, 5.74) is 1.53. The molecule has 2 heterocycles. The van der Waals surface area contributed by atoms with Crippen LogP contribution in [0.15, 0.2) is 29.6 Å². The van der Waals surface area contributed by atoms with Crippen molar-refractivity contribution in [3.8, 4) is 5.75 Å². The van der Waals surface area contributed by atoms with Crippen molar-refractivity contribution in [3.63, 3.8) is 0 Å². The summed E-state index contributed by atoms with van der Waals surface area (Å²) in [7, 11) is 1.61. The molecule has 7 nitrogen and oxygen atoms in total. The highest BCUT2D eigenvalue weighted by Crippen LogP contribution is 2.23. The fraction of sp³-hybridized carbons (Fsp3) is 0.421. The van der Waals surface area contributed by atoms with E-state index in [9.17, 15) is 9.59 Å². The Morgan fingerprint density at radius 2 is 2.11 bits per heavy atom. The first kappa shape index (κ1) is 19.3. The summed E-state index contributed by atoms with van der Waals surface area (Å²) in [6.45, 7) is 3.46. The van der Waals surface area contributed by atoms with E-state index in [1.807, 2.05) is 29.6 Å². The molecule has 1 aromatic carbocycles. The number of methoxy groups -OCH3 is 1. The molecule has 1 aliphatic heterocycles. The Kier molecular flexibility index (Phi) is 6.41. The van der Waals surface area contributed by atoms with Crippen LogP contribution >= 0.6 is 11.3 Å². The van der Waals surface area contributed by atoms with E-state index in [0.29, 0.717) is 18.2 Å². The number of carbonyl (C=O) groups excluding carboxylic acids is 2. The minimum atomic E-state index is -0.399. The number of likely N-dealkylation sites (tertiary alicyclic amines) is 1. The van der Waals surface area contributed by atoms with Crippen LogP contribution in [0.1, 0.15) is 35.3 Å². The normalized spacial score (nSPS) is 16.9. The van der Waals surface area contributed by atoms with Gasteiger partial charge in [0.2, 0.25) is 10.9 Å². The lowest BCUT2D eigenvalue weighted by atomic mass is 10.2. The predicted octanol–water partition coefficient (Wildman–Crippen LogP) is 2.93. The van der Waals surface area contributed by atoms with Crippen molar-refractivity contribution in [2.24, 2.45) is 0 Å². The van der Waals surface area contributed by atoms with E-state index in [-0.39, 0.29) is 11.9 Å². The van der Waals surface area contributed by atoms with Crippen molar-refractivity contribution in [1.29, 1.82) is 0 Å². The van der Waals surface area contributed by atoms with E-state index in [2.05, 4.69) is 15.2 Å². The van der Waals surface area contributed by atoms with Gasteiger partial charge in [0.15, 0.2) is 0 Å². The molecule has 1 amide bonds. The molecule has 1 aromatic heterocycles. The average molecular weight is 389 g/mol. The summed E-state index contributed by atoms with van der Waals surface area (Å²) >= 11 is 1.27. The Morgan fingerprint density at radius 3 is 2.81 bits per heavy atom. The van der Waals surface area contributed by atoms with E-state index in [1.165, 1.54) is 11.3 Å². The van der Waals surface area contributed by atoms with Gasteiger partial charge in [0, 0.05) is 17.6 Å². The third-order valence-corrected chi connectivity index (χ3v) is 5.26. The molecule has 0 bridgehead atoms. The molecule has 0 saturated carbocycles. The van der Waals surface area contributed by atoms with Gasteiger partial charge in [0.25, 0.3) is 0 Å². The summed E-state index contributed by atoms with van der Waals surface area (Å²) in [6.07, 6.45) is 1.76. The molecule has 8 heteroatoms. The number of ether oxygens (including phenoxy) is 2. The van der Waals surface area contributed by atoms with Gasteiger partial charge < -0.3 is 14.8 Å². The zero-order valence-electron chi connectivity index (χ0n) is 15.4. The van der Waals surface area contributed by atoms with Crippen LogP contribution in [0.3, 0.4) is 0 Å². The fourth-order valence-corrected chi connectivity index (χ4v) is 3.79. The Balaban J connectivity index is 1.61. The van der Waals surface area contributed by atoms with Crippen LogP contribution in [0.25, 0.3) is 0 Å². The number of nitrogens with zero attached hydrogens (tertiary/aromatic N) is 2. The van der Waals surface area contributed by atoms with Crippen molar-refractivity contribution in [2.45, 2.75) is 32.4 Å². The van der Waals surface area contributed by atoms with Crippen LogP contribution in [-0.4, -0.2) is 48.1 Å². The van der Waals surface area contributed by atoms with Crippen LogP contribution < -0.4 is 10.1 Å². The summed E-state index contributed by atoms with van der Waals surface area (Å²) in [6, 6.07) is 7.06. The van der Waals surface area contributed by atoms with Gasteiger partial charge in [-0.3, -0.25) is 9.69 Å². The molecule has 0 aliphatic carbocycles. The summed E-state index contributed by atoms with van der Waals surface area (Å²) < 4.78 is 10.1. The monoisotopic (exact) mass is 389 g/mol. The van der Waals surface area contributed by atoms with Crippen LogP contribution in [0.5, 0.6) is 5.75 Å².